The maximum absolute atomic E-state index is 10.2. The van der Waals surface area contributed by atoms with Crippen molar-refractivity contribution in [3.63, 3.8) is 0 Å². The average molecular weight is 312 g/mol. The molecule has 7 nitrogen and oxygen atoms in total. The van der Waals surface area contributed by atoms with Gasteiger partial charge in [-0.1, -0.05) is 12.1 Å². The number of fused-ring (bicyclic) bond motifs is 1. The largest absolute Gasteiger partial charge is 0.497 e. The number of aliphatic hydroxyl groups is 2. The quantitative estimate of drug-likeness (QED) is 0.824. The van der Waals surface area contributed by atoms with Gasteiger partial charge < -0.3 is 33.9 Å². The van der Waals surface area contributed by atoms with Gasteiger partial charge in [0.25, 0.3) is 0 Å². The monoisotopic (exact) mass is 312 g/mol. The lowest BCUT2D eigenvalue weighted by molar-refractivity contribution is -0.358. The molecule has 22 heavy (non-hydrogen) atoms. The second kappa shape index (κ2) is 6.49. The van der Waals surface area contributed by atoms with Crippen LogP contribution >= 0.6 is 0 Å². The molecule has 2 fully saturated rings. The van der Waals surface area contributed by atoms with Crippen molar-refractivity contribution in [3.05, 3.63) is 29.8 Å². The van der Waals surface area contributed by atoms with Crippen molar-refractivity contribution < 1.29 is 33.9 Å². The normalized spacial score (nSPS) is 38.4. The third-order valence-corrected chi connectivity index (χ3v) is 3.95. The summed E-state index contributed by atoms with van der Waals surface area (Å²) in [7, 11) is 3.00. The van der Waals surface area contributed by atoms with Gasteiger partial charge in [0.05, 0.1) is 13.7 Å². The van der Waals surface area contributed by atoms with Crippen LogP contribution in [0.4, 0.5) is 0 Å². The van der Waals surface area contributed by atoms with Gasteiger partial charge in [-0.3, -0.25) is 0 Å². The molecule has 0 radical (unpaired) electrons. The molecule has 2 aliphatic heterocycles. The molecule has 1 aromatic carbocycles. The van der Waals surface area contributed by atoms with Crippen LogP contribution in [-0.4, -0.2) is 61.7 Å². The van der Waals surface area contributed by atoms with E-state index in [1.807, 2.05) is 12.1 Å². The van der Waals surface area contributed by atoms with E-state index >= 15 is 0 Å². The lowest BCUT2D eigenvalue weighted by atomic mass is 9.98. The van der Waals surface area contributed by atoms with E-state index in [1.165, 1.54) is 7.11 Å². The molecule has 0 aliphatic carbocycles. The van der Waals surface area contributed by atoms with Crippen molar-refractivity contribution >= 4 is 0 Å². The molecule has 7 heteroatoms. The predicted octanol–water partition coefficient (Wildman–Crippen LogP) is 0.202. The minimum absolute atomic E-state index is 0.241. The number of aliphatic hydroxyl groups excluding tert-OH is 2. The standard InChI is InChI=1S/C15H20O7/c1-18-9-5-3-8(4-6-9)14-20-7-10-13(22-14)11(16)12(17)15(19-2)21-10/h3-6,10-17H,7H2,1-2H3/t10?,11-,12-,13?,14?,15+/m1/s1. The van der Waals surface area contributed by atoms with E-state index in [1.54, 1.807) is 19.2 Å². The minimum Gasteiger partial charge on any atom is -0.497 e. The number of rotatable bonds is 3. The van der Waals surface area contributed by atoms with E-state index in [-0.39, 0.29) is 6.61 Å². The van der Waals surface area contributed by atoms with Crippen molar-refractivity contribution in [1.82, 2.24) is 0 Å². The smallest absolute Gasteiger partial charge is 0.186 e. The van der Waals surface area contributed by atoms with Crippen molar-refractivity contribution in [3.8, 4) is 5.75 Å². The number of hydrogen-bond acceptors (Lipinski definition) is 7. The van der Waals surface area contributed by atoms with E-state index in [9.17, 15) is 10.2 Å². The summed E-state index contributed by atoms with van der Waals surface area (Å²) >= 11 is 0. The van der Waals surface area contributed by atoms with Crippen LogP contribution in [0.5, 0.6) is 5.75 Å². The molecule has 1 aromatic rings. The molecule has 122 valence electrons. The average Bonchev–Trinajstić information content (AvgIpc) is 2.58. The summed E-state index contributed by atoms with van der Waals surface area (Å²) in [6.07, 6.45) is -4.95. The van der Waals surface area contributed by atoms with Crippen LogP contribution in [0.2, 0.25) is 0 Å². The Kier molecular flexibility index (Phi) is 4.62. The molecular formula is C15H20O7. The molecule has 3 unspecified atom stereocenters. The topological polar surface area (TPSA) is 86.6 Å². The molecule has 6 atom stereocenters. The lowest BCUT2D eigenvalue weighted by Crippen LogP contribution is -2.62. The molecular weight excluding hydrogens is 292 g/mol. The molecule has 0 amide bonds. The zero-order valence-corrected chi connectivity index (χ0v) is 12.4. The first-order chi connectivity index (χ1) is 10.6. The summed E-state index contributed by atoms with van der Waals surface area (Å²) < 4.78 is 27.1. The first kappa shape index (κ1) is 15.7. The zero-order chi connectivity index (χ0) is 15.7. The molecule has 3 rings (SSSR count). The highest BCUT2D eigenvalue weighted by molar-refractivity contribution is 5.28. The van der Waals surface area contributed by atoms with Crippen molar-refractivity contribution in [2.75, 3.05) is 20.8 Å². The first-order valence-electron chi connectivity index (χ1n) is 7.09. The number of ether oxygens (including phenoxy) is 5. The summed E-state index contributed by atoms with van der Waals surface area (Å²) in [5.41, 5.74) is 0.801. The SMILES string of the molecule is COc1ccc(C2OCC3O[C@H](OC)[C@H](O)[C@@H](O)C3O2)cc1. The molecule has 2 aliphatic rings. The predicted molar refractivity (Wildman–Crippen MR) is 74.2 cm³/mol. The summed E-state index contributed by atoms with van der Waals surface area (Å²) in [6, 6.07) is 7.26. The fourth-order valence-electron chi connectivity index (χ4n) is 2.70. The first-order valence-corrected chi connectivity index (χ1v) is 7.09. The summed E-state index contributed by atoms with van der Waals surface area (Å²) in [4.78, 5) is 0. The van der Waals surface area contributed by atoms with E-state index in [4.69, 9.17) is 23.7 Å². The highest BCUT2D eigenvalue weighted by Gasteiger charge is 2.48. The fraction of sp³-hybridized carbons (Fsp3) is 0.600. The summed E-state index contributed by atoms with van der Waals surface area (Å²) in [5, 5.41) is 20.2. The van der Waals surface area contributed by atoms with Crippen LogP contribution in [0.3, 0.4) is 0 Å². The van der Waals surface area contributed by atoms with E-state index in [0.29, 0.717) is 0 Å². The van der Waals surface area contributed by atoms with E-state index in [0.717, 1.165) is 11.3 Å². The van der Waals surface area contributed by atoms with Gasteiger partial charge in [0.15, 0.2) is 12.6 Å². The van der Waals surface area contributed by atoms with E-state index < -0.39 is 37.0 Å². The van der Waals surface area contributed by atoms with Crippen LogP contribution in [0.15, 0.2) is 24.3 Å². The Morgan fingerprint density at radius 2 is 1.77 bits per heavy atom. The molecule has 0 bridgehead atoms. The van der Waals surface area contributed by atoms with Crippen LogP contribution < -0.4 is 4.74 Å². The Labute approximate surface area is 128 Å². The number of hydrogen-bond donors (Lipinski definition) is 2. The fourth-order valence-corrected chi connectivity index (χ4v) is 2.70. The van der Waals surface area contributed by atoms with Gasteiger partial charge in [-0.15, -0.1) is 0 Å². The third kappa shape index (κ3) is 2.83. The van der Waals surface area contributed by atoms with E-state index in [2.05, 4.69) is 0 Å². The van der Waals surface area contributed by atoms with Crippen LogP contribution in [0, 0.1) is 0 Å². The molecule has 0 saturated carbocycles. The molecule has 0 spiro atoms. The highest BCUT2D eigenvalue weighted by atomic mass is 16.7. The van der Waals surface area contributed by atoms with Gasteiger partial charge >= 0.3 is 0 Å². The van der Waals surface area contributed by atoms with Crippen LogP contribution in [0.25, 0.3) is 0 Å². The number of methoxy groups -OCH3 is 2. The maximum Gasteiger partial charge on any atom is 0.186 e. The van der Waals surface area contributed by atoms with Crippen molar-refractivity contribution in [2.24, 2.45) is 0 Å². The van der Waals surface area contributed by atoms with Crippen molar-refractivity contribution in [1.29, 1.82) is 0 Å². The van der Waals surface area contributed by atoms with Gasteiger partial charge in [0.2, 0.25) is 0 Å². The van der Waals surface area contributed by atoms with Crippen LogP contribution in [0.1, 0.15) is 11.9 Å². The minimum atomic E-state index is -1.17. The lowest BCUT2D eigenvalue weighted by Gasteiger charge is -2.45. The Morgan fingerprint density at radius 1 is 1.05 bits per heavy atom. The molecule has 2 heterocycles. The Balaban J connectivity index is 1.72. The third-order valence-electron chi connectivity index (χ3n) is 3.95. The Hall–Kier alpha value is -1.22. The molecule has 2 N–H and O–H groups in total. The Bertz CT molecular complexity index is 489. The summed E-state index contributed by atoms with van der Waals surface area (Å²) in [6.45, 7) is 0.241. The second-order valence-corrected chi connectivity index (χ2v) is 5.30. The zero-order valence-electron chi connectivity index (χ0n) is 12.4. The van der Waals surface area contributed by atoms with Gasteiger partial charge in [0, 0.05) is 12.7 Å². The maximum atomic E-state index is 10.2. The Morgan fingerprint density at radius 3 is 2.41 bits per heavy atom. The second-order valence-electron chi connectivity index (χ2n) is 5.30. The highest BCUT2D eigenvalue weighted by Crippen LogP contribution is 2.34. The molecule has 0 aromatic heterocycles. The van der Waals surface area contributed by atoms with Gasteiger partial charge in [0.1, 0.15) is 30.2 Å². The molecule has 2 saturated heterocycles. The van der Waals surface area contributed by atoms with Crippen molar-refractivity contribution in [2.45, 2.75) is 37.0 Å². The van der Waals surface area contributed by atoms with Gasteiger partial charge in [-0.25, -0.2) is 0 Å². The number of benzene rings is 1. The van der Waals surface area contributed by atoms with Crippen LogP contribution in [-0.2, 0) is 18.9 Å². The van der Waals surface area contributed by atoms with Gasteiger partial charge in [-0.2, -0.15) is 0 Å². The van der Waals surface area contributed by atoms with Gasteiger partial charge in [-0.05, 0) is 12.1 Å². The summed E-state index contributed by atoms with van der Waals surface area (Å²) in [5.74, 6) is 0.733.